The van der Waals surface area contributed by atoms with Crippen molar-refractivity contribution in [3.05, 3.63) is 193 Å². The monoisotopic (exact) mass is 752 g/mol. The highest BCUT2D eigenvalue weighted by Gasteiger charge is 2.37. The lowest BCUT2D eigenvalue weighted by Gasteiger charge is -2.22. The minimum absolute atomic E-state index is 0.145. The minimum atomic E-state index is -0.145. The third-order valence-corrected chi connectivity index (χ3v) is 13.1. The lowest BCUT2D eigenvalue weighted by Crippen LogP contribution is -2.14. The third-order valence-electron chi connectivity index (χ3n) is 13.1. The molecule has 12 aromatic rings. The van der Waals surface area contributed by atoms with Crippen molar-refractivity contribution in [1.82, 2.24) is 19.1 Å². The topological polar surface area (TPSA) is 35.6 Å². The second kappa shape index (κ2) is 11.7. The van der Waals surface area contributed by atoms with Gasteiger partial charge in [-0.25, -0.2) is 9.97 Å². The van der Waals surface area contributed by atoms with Gasteiger partial charge in [0.2, 0.25) is 0 Å². The zero-order valence-corrected chi connectivity index (χ0v) is 32.6. The van der Waals surface area contributed by atoms with Crippen LogP contribution in [0, 0.1) is 0 Å². The smallest absolute Gasteiger partial charge is 0.165 e. The number of nitrogens with zero attached hydrogens (tertiary/aromatic N) is 4. The van der Waals surface area contributed by atoms with Crippen molar-refractivity contribution in [3.8, 4) is 33.9 Å². The Morgan fingerprint density at radius 2 is 0.949 bits per heavy atom. The van der Waals surface area contributed by atoms with Crippen molar-refractivity contribution in [3.63, 3.8) is 0 Å². The third kappa shape index (κ3) is 4.43. The number of para-hydroxylation sites is 4. The second-order valence-electron chi connectivity index (χ2n) is 16.6. The number of benzene rings is 9. The molecule has 4 heteroatoms. The van der Waals surface area contributed by atoms with E-state index in [1.807, 2.05) is 0 Å². The lowest BCUT2D eigenvalue weighted by atomic mass is 9.82. The van der Waals surface area contributed by atoms with Crippen LogP contribution in [0.2, 0.25) is 0 Å². The van der Waals surface area contributed by atoms with Crippen LogP contribution in [0.15, 0.2) is 182 Å². The number of fused-ring (bicyclic) bond motifs is 12. The molecule has 0 unspecified atom stereocenters. The lowest BCUT2D eigenvalue weighted by molar-refractivity contribution is 0.660. The van der Waals surface area contributed by atoms with Gasteiger partial charge in [-0.05, 0) is 93.0 Å². The van der Waals surface area contributed by atoms with Gasteiger partial charge < -0.3 is 4.57 Å². The molecule has 3 heterocycles. The summed E-state index contributed by atoms with van der Waals surface area (Å²) < 4.78 is 4.84. The maximum absolute atomic E-state index is 5.57. The van der Waals surface area contributed by atoms with Crippen LogP contribution in [0.25, 0.3) is 110 Å². The minimum Gasteiger partial charge on any atom is -0.309 e. The second-order valence-corrected chi connectivity index (χ2v) is 16.6. The first-order valence-corrected chi connectivity index (χ1v) is 20.4. The van der Waals surface area contributed by atoms with Gasteiger partial charge in [-0.15, -0.1) is 0 Å². The van der Waals surface area contributed by atoms with E-state index in [0.717, 1.165) is 44.8 Å². The molecule has 0 bridgehead atoms. The standard InChI is InChI=1S/C55H36N4/c1-55(2)43-22-8-5-20-38(43)52-39(21-14-23-44(52)55)53-54(57-46-25-10-9-24-45(46)56-53)59-48-27-12-7-19-37(48)42-30-35-17-13-28-49(40(35)32-51(42)59)58-47-26-11-6-18-36(47)41-29-33-15-3-4-16-34(33)31-50(41)58/h3-32H,1-2H3. The molecule has 13 rings (SSSR count). The zero-order chi connectivity index (χ0) is 39.0. The maximum atomic E-state index is 5.57. The Bertz CT molecular complexity index is 3770. The first-order chi connectivity index (χ1) is 29.0. The number of aromatic nitrogens is 4. The quantitative estimate of drug-likeness (QED) is 0.180. The van der Waals surface area contributed by atoms with E-state index in [1.165, 1.54) is 76.4 Å². The van der Waals surface area contributed by atoms with Gasteiger partial charge in [0.15, 0.2) is 5.82 Å². The number of hydrogen-bond acceptors (Lipinski definition) is 2. The Balaban J connectivity index is 1.15. The van der Waals surface area contributed by atoms with Crippen molar-refractivity contribution in [1.29, 1.82) is 0 Å². The summed E-state index contributed by atoms with van der Waals surface area (Å²) >= 11 is 0. The Morgan fingerprint density at radius 3 is 1.75 bits per heavy atom. The van der Waals surface area contributed by atoms with E-state index in [-0.39, 0.29) is 5.41 Å². The Kier molecular flexibility index (Phi) is 6.48. The average molecular weight is 753 g/mol. The first kappa shape index (κ1) is 32.5. The predicted octanol–water partition coefficient (Wildman–Crippen LogP) is 14.1. The van der Waals surface area contributed by atoms with Crippen LogP contribution in [0.3, 0.4) is 0 Å². The van der Waals surface area contributed by atoms with Crippen LogP contribution in [0.5, 0.6) is 0 Å². The Labute approximate surface area is 340 Å². The fraction of sp³-hybridized carbons (Fsp3) is 0.0545. The fourth-order valence-electron chi connectivity index (χ4n) is 10.3. The van der Waals surface area contributed by atoms with E-state index < -0.39 is 0 Å². The number of hydrogen-bond donors (Lipinski definition) is 0. The highest BCUT2D eigenvalue weighted by atomic mass is 15.1. The highest BCUT2D eigenvalue weighted by Crippen LogP contribution is 2.52. The molecule has 276 valence electrons. The van der Waals surface area contributed by atoms with Gasteiger partial charge >= 0.3 is 0 Å². The summed E-state index contributed by atoms with van der Waals surface area (Å²) in [5, 5.41) is 9.70. The molecule has 0 amide bonds. The van der Waals surface area contributed by atoms with E-state index in [2.05, 4.69) is 205 Å². The fourth-order valence-corrected chi connectivity index (χ4v) is 10.3. The molecular formula is C55H36N4. The van der Waals surface area contributed by atoms with Crippen LogP contribution < -0.4 is 0 Å². The Hall–Kier alpha value is -7.56. The van der Waals surface area contributed by atoms with Gasteiger partial charge in [0.25, 0.3) is 0 Å². The predicted molar refractivity (Wildman–Crippen MR) is 246 cm³/mol. The normalized spacial score (nSPS) is 13.4. The maximum Gasteiger partial charge on any atom is 0.165 e. The van der Waals surface area contributed by atoms with Crippen molar-refractivity contribution in [2.24, 2.45) is 0 Å². The molecule has 9 aromatic carbocycles. The molecule has 3 aromatic heterocycles. The SMILES string of the molecule is CC1(C)c2ccccc2-c2c(-c3nc4ccccc4nc3-n3c4ccccc4c4cc5cccc(-n6c7ccccc7c7cc8ccccc8cc76)c5cc43)cccc21. The summed E-state index contributed by atoms with van der Waals surface area (Å²) in [6.45, 7) is 4.67. The molecule has 0 N–H and O–H groups in total. The van der Waals surface area contributed by atoms with E-state index in [9.17, 15) is 0 Å². The van der Waals surface area contributed by atoms with E-state index in [0.29, 0.717) is 0 Å². The van der Waals surface area contributed by atoms with Crippen LogP contribution in [-0.2, 0) is 5.41 Å². The molecule has 4 nitrogen and oxygen atoms in total. The molecule has 59 heavy (non-hydrogen) atoms. The van der Waals surface area contributed by atoms with Crippen molar-refractivity contribution >= 4 is 76.2 Å². The van der Waals surface area contributed by atoms with Crippen LogP contribution in [-0.4, -0.2) is 19.1 Å². The van der Waals surface area contributed by atoms with Crippen LogP contribution >= 0.6 is 0 Å². The zero-order valence-electron chi connectivity index (χ0n) is 32.6. The molecule has 0 saturated carbocycles. The van der Waals surface area contributed by atoms with Crippen LogP contribution in [0.1, 0.15) is 25.0 Å². The highest BCUT2D eigenvalue weighted by molar-refractivity contribution is 6.17. The summed E-state index contributed by atoms with van der Waals surface area (Å²) in [6, 6.07) is 66.3. The van der Waals surface area contributed by atoms with Crippen molar-refractivity contribution in [2.45, 2.75) is 19.3 Å². The molecule has 1 aliphatic rings. The molecule has 1 aliphatic carbocycles. The molecule has 0 saturated heterocycles. The van der Waals surface area contributed by atoms with Crippen LogP contribution in [0.4, 0.5) is 0 Å². The van der Waals surface area contributed by atoms with Gasteiger partial charge in [0.1, 0.15) is 5.69 Å². The summed E-state index contributed by atoms with van der Waals surface area (Å²) in [5.74, 6) is 0.825. The summed E-state index contributed by atoms with van der Waals surface area (Å²) in [5.41, 5.74) is 14.5. The van der Waals surface area contributed by atoms with Gasteiger partial charge in [0, 0.05) is 37.9 Å². The largest absolute Gasteiger partial charge is 0.309 e. The van der Waals surface area contributed by atoms with E-state index in [4.69, 9.17) is 9.97 Å². The van der Waals surface area contributed by atoms with Gasteiger partial charge in [-0.2, -0.15) is 0 Å². The molecule has 0 radical (unpaired) electrons. The summed E-state index contributed by atoms with van der Waals surface area (Å²) in [7, 11) is 0. The average Bonchev–Trinajstić information content (AvgIpc) is 3.86. The van der Waals surface area contributed by atoms with Crippen molar-refractivity contribution < 1.29 is 0 Å². The van der Waals surface area contributed by atoms with E-state index in [1.54, 1.807) is 0 Å². The van der Waals surface area contributed by atoms with Gasteiger partial charge in [-0.3, -0.25) is 4.57 Å². The molecular weight excluding hydrogens is 717 g/mol. The van der Waals surface area contributed by atoms with Gasteiger partial charge in [-0.1, -0.05) is 141 Å². The van der Waals surface area contributed by atoms with Gasteiger partial charge in [0.05, 0.1) is 38.8 Å². The molecule has 0 aliphatic heterocycles. The molecule has 0 fully saturated rings. The molecule has 0 spiro atoms. The summed E-state index contributed by atoms with van der Waals surface area (Å²) in [4.78, 5) is 11.1. The number of rotatable bonds is 3. The molecule has 0 atom stereocenters. The summed E-state index contributed by atoms with van der Waals surface area (Å²) in [6.07, 6.45) is 0. The van der Waals surface area contributed by atoms with E-state index >= 15 is 0 Å². The first-order valence-electron chi connectivity index (χ1n) is 20.4. The van der Waals surface area contributed by atoms with Crippen molar-refractivity contribution in [2.75, 3.05) is 0 Å². The Morgan fingerprint density at radius 1 is 0.390 bits per heavy atom.